The van der Waals surface area contributed by atoms with Crippen molar-refractivity contribution in [3.63, 3.8) is 0 Å². The van der Waals surface area contributed by atoms with Gasteiger partial charge in [-0.05, 0) is 47.2 Å². The van der Waals surface area contributed by atoms with Crippen molar-refractivity contribution in [3.8, 4) is 0 Å². The van der Waals surface area contributed by atoms with E-state index in [2.05, 4.69) is 5.32 Å². The normalized spacial score (nSPS) is 21.1. The highest BCUT2D eigenvalue weighted by Gasteiger charge is 2.34. The van der Waals surface area contributed by atoms with Crippen LogP contribution < -0.4 is 5.32 Å². The van der Waals surface area contributed by atoms with Crippen LogP contribution in [-0.4, -0.2) is 42.8 Å². The predicted molar refractivity (Wildman–Crippen MR) is 59.9 cm³/mol. The third kappa shape index (κ3) is 3.70. The summed E-state index contributed by atoms with van der Waals surface area (Å²) in [5.74, 6) is 0. The van der Waals surface area contributed by atoms with Gasteiger partial charge in [-0.25, -0.2) is 4.79 Å². The highest BCUT2D eigenvalue weighted by molar-refractivity contribution is 5.69. The zero-order valence-electron chi connectivity index (χ0n) is 10.2. The second kappa shape index (κ2) is 4.84. The highest BCUT2D eigenvalue weighted by atomic mass is 16.6. The number of nitrogens with zero attached hydrogens (tertiary/aromatic N) is 1. The predicted octanol–water partition coefficient (Wildman–Crippen LogP) is 1.61. The molecule has 0 aromatic heterocycles. The Morgan fingerprint density at radius 3 is 2.60 bits per heavy atom. The van der Waals surface area contributed by atoms with Gasteiger partial charge in [-0.3, -0.25) is 0 Å². The molecular formula is C11H22N2O2. The lowest BCUT2D eigenvalue weighted by Crippen LogP contribution is -2.53. The molecule has 0 bridgehead atoms. The van der Waals surface area contributed by atoms with E-state index in [0.717, 1.165) is 25.9 Å². The second-order valence-corrected chi connectivity index (χ2v) is 5.01. The smallest absolute Gasteiger partial charge is 0.410 e. The summed E-state index contributed by atoms with van der Waals surface area (Å²) in [5, 5.41) is 3.10. The average Bonchev–Trinajstić information content (AvgIpc) is 1.98. The summed E-state index contributed by atoms with van der Waals surface area (Å²) in [6.07, 6.45) is 1.94. The minimum absolute atomic E-state index is 0.171. The zero-order valence-corrected chi connectivity index (χ0v) is 10.2. The molecule has 1 amide bonds. The van der Waals surface area contributed by atoms with Crippen molar-refractivity contribution in [2.75, 3.05) is 20.1 Å². The number of carbonyl (C=O) groups excluding carboxylic acids is 1. The molecule has 4 nitrogen and oxygen atoms in total. The average molecular weight is 214 g/mol. The fourth-order valence-electron chi connectivity index (χ4n) is 1.61. The Bertz CT molecular complexity index is 223. The molecule has 1 atom stereocenters. The Kier molecular flexibility index (Phi) is 3.97. The number of amides is 1. The van der Waals surface area contributed by atoms with Gasteiger partial charge in [0.2, 0.25) is 0 Å². The van der Waals surface area contributed by atoms with Crippen LogP contribution in [0.2, 0.25) is 0 Å². The standard InChI is InChI=1S/C11H22N2O2/c1-11(2,3)15-10(14)13-8-6-9(13)5-7-12-4/h9,12H,5-8H2,1-4H3. The van der Waals surface area contributed by atoms with Crippen LogP contribution in [0.4, 0.5) is 4.79 Å². The number of likely N-dealkylation sites (tertiary alicyclic amines) is 1. The summed E-state index contributed by atoms with van der Waals surface area (Å²) in [7, 11) is 1.93. The van der Waals surface area contributed by atoms with E-state index in [1.807, 2.05) is 32.7 Å². The van der Waals surface area contributed by atoms with Crippen molar-refractivity contribution in [1.82, 2.24) is 10.2 Å². The van der Waals surface area contributed by atoms with Gasteiger partial charge in [0.1, 0.15) is 5.60 Å². The van der Waals surface area contributed by atoms with Gasteiger partial charge in [0.15, 0.2) is 0 Å². The lowest BCUT2D eigenvalue weighted by Gasteiger charge is -2.41. The number of rotatable bonds is 3. The summed E-state index contributed by atoms with van der Waals surface area (Å²) >= 11 is 0. The molecule has 1 N–H and O–H groups in total. The van der Waals surface area contributed by atoms with E-state index in [9.17, 15) is 4.79 Å². The number of hydrogen-bond donors (Lipinski definition) is 1. The summed E-state index contributed by atoms with van der Waals surface area (Å²) < 4.78 is 5.32. The van der Waals surface area contributed by atoms with Gasteiger partial charge in [-0.15, -0.1) is 0 Å². The third-order valence-electron chi connectivity index (χ3n) is 2.50. The van der Waals surface area contributed by atoms with E-state index < -0.39 is 0 Å². The van der Waals surface area contributed by atoms with Gasteiger partial charge in [0.25, 0.3) is 0 Å². The molecule has 1 aliphatic rings. The Labute approximate surface area is 92.0 Å². The molecule has 0 aromatic rings. The number of nitrogens with one attached hydrogen (secondary N) is 1. The summed E-state index contributed by atoms with van der Waals surface area (Å²) in [4.78, 5) is 13.5. The van der Waals surface area contributed by atoms with Crippen molar-refractivity contribution in [2.24, 2.45) is 0 Å². The maximum atomic E-state index is 11.7. The number of hydrogen-bond acceptors (Lipinski definition) is 3. The Morgan fingerprint density at radius 2 is 2.20 bits per heavy atom. The summed E-state index contributed by atoms with van der Waals surface area (Å²) in [5.41, 5.74) is -0.389. The van der Waals surface area contributed by atoms with Crippen LogP contribution in [0, 0.1) is 0 Å². The fraction of sp³-hybridized carbons (Fsp3) is 0.909. The lowest BCUT2D eigenvalue weighted by molar-refractivity contribution is -0.00642. The molecule has 1 unspecified atom stereocenters. The molecule has 1 rings (SSSR count). The van der Waals surface area contributed by atoms with Gasteiger partial charge in [-0.2, -0.15) is 0 Å². The first kappa shape index (κ1) is 12.3. The molecule has 0 radical (unpaired) electrons. The van der Waals surface area contributed by atoms with Crippen LogP contribution in [0.5, 0.6) is 0 Å². The van der Waals surface area contributed by atoms with Crippen molar-refractivity contribution >= 4 is 6.09 Å². The number of ether oxygens (including phenoxy) is 1. The van der Waals surface area contributed by atoms with Crippen LogP contribution in [0.3, 0.4) is 0 Å². The first-order chi connectivity index (χ1) is 6.94. The van der Waals surface area contributed by atoms with Gasteiger partial charge >= 0.3 is 6.09 Å². The maximum absolute atomic E-state index is 11.7. The third-order valence-corrected chi connectivity index (χ3v) is 2.50. The molecule has 0 aliphatic carbocycles. The topological polar surface area (TPSA) is 41.6 Å². The van der Waals surface area contributed by atoms with Crippen LogP contribution in [0.15, 0.2) is 0 Å². The van der Waals surface area contributed by atoms with Crippen molar-refractivity contribution in [3.05, 3.63) is 0 Å². The van der Waals surface area contributed by atoms with Crippen molar-refractivity contribution < 1.29 is 9.53 Å². The SMILES string of the molecule is CNCCC1CCN1C(=O)OC(C)(C)C. The molecule has 1 aliphatic heterocycles. The van der Waals surface area contributed by atoms with Gasteiger partial charge in [0.05, 0.1) is 0 Å². The highest BCUT2D eigenvalue weighted by Crippen LogP contribution is 2.23. The van der Waals surface area contributed by atoms with Gasteiger partial charge in [0, 0.05) is 12.6 Å². The zero-order chi connectivity index (χ0) is 11.5. The molecule has 4 heteroatoms. The van der Waals surface area contributed by atoms with Crippen LogP contribution in [0.1, 0.15) is 33.6 Å². The fourth-order valence-corrected chi connectivity index (χ4v) is 1.61. The van der Waals surface area contributed by atoms with Crippen LogP contribution >= 0.6 is 0 Å². The molecule has 1 saturated heterocycles. The Balaban J connectivity index is 2.34. The summed E-state index contributed by atoms with van der Waals surface area (Å²) in [6, 6.07) is 0.368. The monoisotopic (exact) mass is 214 g/mol. The molecule has 0 saturated carbocycles. The molecule has 1 fully saturated rings. The van der Waals surface area contributed by atoms with Gasteiger partial charge < -0.3 is 15.0 Å². The quantitative estimate of drug-likeness (QED) is 0.776. The van der Waals surface area contributed by atoms with E-state index in [-0.39, 0.29) is 11.7 Å². The first-order valence-corrected chi connectivity index (χ1v) is 5.58. The first-order valence-electron chi connectivity index (χ1n) is 5.58. The van der Waals surface area contributed by atoms with E-state index in [1.54, 1.807) is 0 Å². The van der Waals surface area contributed by atoms with Crippen LogP contribution in [0.25, 0.3) is 0 Å². The number of carbonyl (C=O) groups is 1. The minimum Gasteiger partial charge on any atom is -0.444 e. The molecule has 0 spiro atoms. The molecule has 1 heterocycles. The van der Waals surface area contributed by atoms with Crippen LogP contribution in [-0.2, 0) is 4.74 Å². The minimum atomic E-state index is -0.389. The van der Waals surface area contributed by atoms with Crippen molar-refractivity contribution in [2.45, 2.75) is 45.3 Å². The molecule has 0 aromatic carbocycles. The van der Waals surface area contributed by atoms with E-state index >= 15 is 0 Å². The van der Waals surface area contributed by atoms with Gasteiger partial charge in [-0.1, -0.05) is 0 Å². The Hall–Kier alpha value is -0.770. The van der Waals surface area contributed by atoms with E-state index in [0.29, 0.717) is 6.04 Å². The molecule has 88 valence electrons. The molecule has 15 heavy (non-hydrogen) atoms. The lowest BCUT2D eigenvalue weighted by atomic mass is 10.0. The molecular weight excluding hydrogens is 192 g/mol. The van der Waals surface area contributed by atoms with Crippen molar-refractivity contribution in [1.29, 1.82) is 0 Å². The van der Waals surface area contributed by atoms with E-state index in [1.165, 1.54) is 0 Å². The maximum Gasteiger partial charge on any atom is 0.410 e. The van der Waals surface area contributed by atoms with E-state index in [4.69, 9.17) is 4.74 Å². The second-order valence-electron chi connectivity index (χ2n) is 5.01. The summed E-state index contributed by atoms with van der Waals surface area (Å²) in [6.45, 7) is 7.47. The Morgan fingerprint density at radius 1 is 1.53 bits per heavy atom. The largest absolute Gasteiger partial charge is 0.444 e.